The first-order chi connectivity index (χ1) is 12.0. The van der Waals surface area contributed by atoms with Crippen molar-refractivity contribution in [2.45, 2.75) is 19.8 Å². The number of rotatable bonds is 3. The lowest BCUT2D eigenvalue weighted by molar-refractivity contribution is 0.357. The minimum Gasteiger partial charge on any atom is -0.491 e. The summed E-state index contributed by atoms with van der Waals surface area (Å²) in [4.78, 5) is 10.8. The second-order valence-corrected chi connectivity index (χ2v) is 7.68. The van der Waals surface area contributed by atoms with Crippen LogP contribution in [0.5, 0.6) is 5.75 Å². The molecule has 0 amide bonds. The van der Waals surface area contributed by atoms with E-state index >= 15 is 0 Å². The molecule has 128 valence electrons. The number of fused-ring (bicyclic) bond motifs is 2. The van der Waals surface area contributed by atoms with Gasteiger partial charge in [0.2, 0.25) is 5.95 Å². The standard InChI is InChI=1S/C18H15Cl2N3OS/c1-3-8(2)13-6-10-15(22-18(21)23-17(10)25-13)14-9-4-5-24-16(9)12(20)7-11(14)19/h6-7H,2-5H2,1H3,(H2,21,22,23). The number of allylic oxidation sites excluding steroid dienone is 1. The number of nitrogens with zero attached hydrogens (tertiary/aromatic N) is 2. The van der Waals surface area contributed by atoms with Crippen LogP contribution in [0.4, 0.5) is 5.95 Å². The first-order valence-electron chi connectivity index (χ1n) is 7.88. The molecule has 4 rings (SSSR count). The molecule has 0 unspecified atom stereocenters. The molecule has 3 aromatic rings. The number of halogens is 2. The van der Waals surface area contributed by atoms with Gasteiger partial charge in [0.1, 0.15) is 10.6 Å². The maximum Gasteiger partial charge on any atom is 0.221 e. The van der Waals surface area contributed by atoms with Gasteiger partial charge in [-0.2, -0.15) is 0 Å². The zero-order valence-corrected chi connectivity index (χ0v) is 15.9. The van der Waals surface area contributed by atoms with E-state index in [9.17, 15) is 0 Å². The Balaban J connectivity index is 2.04. The van der Waals surface area contributed by atoms with Crippen LogP contribution in [0, 0.1) is 0 Å². The molecule has 1 aliphatic heterocycles. The van der Waals surface area contributed by atoms with Gasteiger partial charge in [-0.25, -0.2) is 9.97 Å². The first kappa shape index (κ1) is 16.6. The van der Waals surface area contributed by atoms with Crippen molar-refractivity contribution in [2.75, 3.05) is 12.3 Å². The SMILES string of the molecule is C=C(CC)c1cc2c(-c3c(Cl)cc(Cl)c4c3CCO4)nc(N)nc2s1. The number of thiophene rings is 1. The highest BCUT2D eigenvalue weighted by molar-refractivity contribution is 7.19. The first-order valence-corrected chi connectivity index (χ1v) is 9.46. The molecular weight excluding hydrogens is 377 g/mol. The fraction of sp³-hybridized carbons (Fsp3) is 0.222. The summed E-state index contributed by atoms with van der Waals surface area (Å²) < 4.78 is 5.67. The van der Waals surface area contributed by atoms with Gasteiger partial charge in [0.25, 0.3) is 0 Å². The van der Waals surface area contributed by atoms with E-state index in [2.05, 4.69) is 29.5 Å². The van der Waals surface area contributed by atoms with Gasteiger partial charge < -0.3 is 10.5 Å². The largest absolute Gasteiger partial charge is 0.491 e. The van der Waals surface area contributed by atoms with Crippen molar-refractivity contribution in [3.05, 3.63) is 39.2 Å². The number of anilines is 1. The van der Waals surface area contributed by atoms with Gasteiger partial charge in [0, 0.05) is 27.8 Å². The molecule has 0 fully saturated rings. The van der Waals surface area contributed by atoms with Crippen LogP contribution in [0.1, 0.15) is 23.8 Å². The molecule has 0 saturated carbocycles. The average molecular weight is 392 g/mol. The van der Waals surface area contributed by atoms with E-state index in [1.807, 2.05) is 0 Å². The number of aromatic nitrogens is 2. The number of nitrogens with two attached hydrogens (primary N) is 1. The molecule has 7 heteroatoms. The maximum atomic E-state index is 6.54. The number of hydrogen-bond acceptors (Lipinski definition) is 5. The van der Waals surface area contributed by atoms with Gasteiger partial charge in [-0.3, -0.25) is 0 Å². The van der Waals surface area contributed by atoms with Gasteiger partial charge in [-0.1, -0.05) is 36.7 Å². The van der Waals surface area contributed by atoms with Crippen molar-refractivity contribution in [1.29, 1.82) is 0 Å². The van der Waals surface area contributed by atoms with Gasteiger partial charge in [0.05, 0.1) is 22.3 Å². The second kappa shape index (κ2) is 6.16. The lowest BCUT2D eigenvalue weighted by Gasteiger charge is -2.12. The van der Waals surface area contributed by atoms with Crippen LogP contribution in [-0.4, -0.2) is 16.6 Å². The average Bonchev–Trinajstić information content (AvgIpc) is 3.20. The number of ether oxygens (including phenoxy) is 1. The lowest BCUT2D eigenvalue weighted by Crippen LogP contribution is -1.98. The van der Waals surface area contributed by atoms with Crippen molar-refractivity contribution >= 4 is 56.3 Å². The zero-order chi connectivity index (χ0) is 17.7. The number of hydrogen-bond donors (Lipinski definition) is 1. The Hall–Kier alpha value is -1.82. The van der Waals surface area contributed by atoms with Crippen LogP contribution in [0.15, 0.2) is 18.7 Å². The topological polar surface area (TPSA) is 61.0 Å². The van der Waals surface area contributed by atoms with E-state index in [0.717, 1.165) is 50.3 Å². The summed E-state index contributed by atoms with van der Waals surface area (Å²) in [7, 11) is 0. The Labute approximate surface area is 159 Å². The minimum absolute atomic E-state index is 0.219. The predicted molar refractivity (Wildman–Crippen MR) is 106 cm³/mol. The third-order valence-corrected chi connectivity index (χ3v) is 6.02. The van der Waals surface area contributed by atoms with Crippen molar-refractivity contribution in [2.24, 2.45) is 0 Å². The van der Waals surface area contributed by atoms with E-state index in [-0.39, 0.29) is 5.95 Å². The molecule has 25 heavy (non-hydrogen) atoms. The Kier molecular flexibility index (Phi) is 4.10. The molecule has 2 N–H and O–H groups in total. The monoisotopic (exact) mass is 391 g/mol. The number of nitrogen functional groups attached to an aromatic ring is 1. The summed E-state index contributed by atoms with van der Waals surface area (Å²) in [6.45, 7) is 6.77. The third-order valence-electron chi connectivity index (χ3n) is 4.31. The van der Waals surface area contributed by atoms with Crippen LogP contribution in [0.2, 0.25) is 10.0 Å². The van der Waals surface area contributed by atoms with E-state index in [1.54, 1.807) is 17.4 Å². The summed E-state index contributed by atoms with van der Waals surface area (Å²) in [5.74, 6) is 0.900. The minimum atomic E-state index is 0.219. The molecule has 0 spiro atoms. The molecule has 1 aliphatic rings. The lowest BCUT2D eigenvalue weighted by atomic mass is 10.00. The quantitative estimate of drug-likeness (QED) is 0.630. The summed E-state index contributed by atoms with van der Waals surface area (Å²) in [6, 6.07) is 3.76. The highest BCUT2D eigenvalue weighted by Gasteiger charge is 2.26. The molecule has 0 radical (unpaired) electrons. The smallest absolute Gasteiger partial charge is 0.221 e. The van der Waals surface area contributed by atoms with E-state index in [1.165, 1.54) is 0 Å². The molecule has 1 aromatic carbocycles. The van der Waals surface area contributed by atoms with E-state index < -0.39 is 0 Å². The summed E-state index contributed by atoms with van der Waals surface area (Å²) >= 11 is 14.4. The summed E-state index contributed by atoms with van der Waals surface area (Å²) in [5, 5.41) is 1.97. The van der Waals surface area contributed by atoms with Gasteiger partial charge in [0.15, 0.2) is 0 Å². The molecule has 0 atom stereocenters. The van der Waals surface area contributed by atoms with Crippen molar-refractivity contribution in [1.82, 2.24) is 9.97 Å². The van der Waals surface area contributed by atoms with E-state index in [0.29, 0.717) is 22.4 Å². The third kappa shape index (κ3) is 2.67. The molecule has 0 aliphatic carbocycles. The van der Waals surface area contributed by atoms with Crippen LogP contribution >= 0.6 is 34.5 Å². The van der Waals surface area contributed by atoms with Crippen molar-refractivity contribution in [3.8, 4) is 17.0 Å². The summed E-state index contributed by atoms with van der Waals surface area (Å²) in [5.41, 5.74) is 9.54. The van der Waals surface area contributed by atoms with Crippen molar-refractivity contribution < 1.29 is 4.74 Å². The van der Waals surface area contributed by atoms with Gasteiger partial charge in [-0.05, 0) is 24.1 Å². The molecule has 3 heterocycles. The Morgan fingerprint density at radius 2 is 2.12 bits per heavy atom. The van der Waals surface area contributed by atoms with Crippen LogP contribution in [0.3, 0.4) is 0 Å². The van der Waals surface area contributed by atoms with Crippen LogP contribution in [0.25, 0.3) is 27.0 Å². The Morgan fingerprint density at radius 1 is 1.32 bits per heavy atom. The number of benzene rings is 1. The highest BCUT2D eigenvalue weighted by Crippen LogP contribution is 2.46. The molecular formula is C18H15Cl2N3OS. The predicted octanol–water partition coefficient (Wildman–Crippen LogP) is 5.61. The maximum absolute atomic E-state index is 6.54. The summed E-state index contributed by atoms with van der Waals surface area (Å²) in [6.07, 6.45) is 1.60. The molecule has 4 nitrogen and oxygen atoms in total. The second-order valence-electron chi connectivity index (χ2n) is 5.84. The van der Waals surface area contributed by atoms with Crippen LogP contribution < -0.4 is 10.5 Å². The van der Waals surface area contributed by atoms with Gasteiger partial charge in [-0.15, -0.1) is 11.3 Å². The molecule has 0 saturated heterocycles. The van der Waals surface area contributed by atoms with Crippen LogP contribution in [-0.2, 0) is 6.42 Å². The molecule has 2 aromatic heterocycles. The fourth-order valence-electron chi connectivity index (χ4n) is 3.03. The van der Waals surface area contributed by atoms with Crippen molar-refractivity contribution in [3.63, 3.8) is 0 Å². The fourth-order valence-corrected chi connectivity index (χ4v) is 4.76. The van der Waals surface area contributed by atoms with Gasteiger partial charge >= 0.3 is 0 Å². The Bertz CT molecular complexity index is 1030. The zero-order valence-electron chi connectivity index (χ0n) is 13.5. The highest BCUT2D eigenvalue weighted by atomic mass is 35.5. The normalized spacial score (nSPS) is 13.1. The molecule has 0 bridgehead atoms. The van der Waals surface area contributed by atoms with E-state index in [4.69, 9.17) is 33.7 Å². The Morgan fingerprint density at radius 3 is 2.88 bits per heavy atom.